The third-order valence-corrected chi connectivity index (χ3v) is 6.05. The lowest BCUT2D eigenvalue weighted by Crippen LogP contribution is -2.39. The molecule has 1 heterocycles. The van der Waals surface area contributed by atoms with Crippen LogP contribution in [-0.4, -0.2) is 29.1 Å². The largest absolute Gasteiger partial charge is 0.356 e. The van der Waals surface area contributed by atoms with Crippen molar-refractivity contribution in [1.29, 1.82) is 0 Å². The van der Waals surface area contributed by atoms with E-state index in [9.17, 15) is 0 Å². The van der Waals surface area contributed by atoms with E-state index in [4.69, 9.17) is 0 Å². The number of unbranched alkanes of at least 4 members (excludes halogenated alkanes) is 13. The van der Waals surface area contributed by atoms with E-state index in [-0.39, 0.29) is 0 Å². The van der Waals surface area contributed by atoms with E-state index in [1.54, 1.807) is 0 Å². The first kappa shape index (κ1) is 24.4. The summed E-state index contributed by atoms with van der Waals surface area (Å²) in [5, 5.41) is 0. The summed E-state index contributed by atoms with van der Waals surface area (Å²) >= 11 is 0. The quantitative estimate of drug-likeness (QED) is 0.209. The summed E-state index contributed by atoms with van der Waals surface area (Å²) < 4.78 is 0. The average Bonchev–Trinajstić information content (AvgIpc) is 3.05. The van der Waals surface area contributed by atoms with Gasteiger partial charge in [-0.3, -0.25) is 0 Å². The summed E-state index contributed by atoms with van der Waals surface area (Å²) in [4.78, 5) is 5.21. The molecule has 0 N–H and O–H groups in total. The minimum absolute atomic E-state index is 0.638. The van der Waals surface area contributed by atoms with Crippen LogP contribution in [0.15, 0.2) is 12.4 Å². The Labute approximate surface area is 171 Å². The van der Waals surface area contributed by atoms with Gasteiger partial charge in [0.2, 0.25) is 0 Å². The van der Waals surface area contributed by atoms with Gasteiger partial charge in [0.05, 0.1) is 0 Å². The molecule has 0 aromatic heterocycles. The molecule has 0 saturated heterocycles. The first-order chi connectivity index (χ1) is 13.3. The van der Waals surface area contributed by atoms with Gasteiger partial charge in [-0.15, -0.1) is 0 Å². The molecule has 1 unspecified atom stereocenters. The molecule has 2 nitrogen and oxygen atoms in total. The van der Waals surface area contributed by atoms with Gasteiger partial charge in [-0.25, -0.2) is 0 Å². The van der Waals surface area contributed by atoms with Gasteiger partial charge < -0.3 is 9.80 Å². The first-order valence-electron chi connectivity index (χ1n) is 12.5. The maximum Gasteiger partial charge on any atom is 0.101 e. The molecule has 0 aliphatic carbocycles. The highest BCUT2D eigenvalue weighted by Gasteiger charge is 2.24. The third-order valence-electron chi connectivity index (χ3n) is 6.05. The summed E-state index contributed by atoms with van der Waals surface area (Å²) in [6, 6.07) is 0. The number of hydrogen-bond acceptors (Lipinski definition) is 2. The molecule has 1 rings (SSSR count). The van der Waals surface area contributed by atoms with E-state index < -0.39 is 0 Å². The second-order valence-electron chi connectivity index (χ2n) is 8.64. The van der Waals surface area contributed by atoms with Crippen LogP contribution in [0.5, 0.6) is 0 Å². The summed E-state index contributed by atoms with van der Waals surface area (Å²) in [5.41, 5.74) is 0. The third kappa shape index (κ3) is 11.7. The van der Waals surface area contributed by atoms with Crippen molar-refractivity contribution in [1.82, 2.24) is 9.80 Å². The smallest absolute Gasteiger partial charge is 0.101 e. The molecule has 0 saturated carbocycles. The number of rotatable bonds is 19. The fourth-order valence-electron chi connectivity index (χ4n) is 4.28. The lowest BCUT2D eigenvalue weighted by Gasteiger charge is -2.33. The molecule has 1 aliphatic heterocycles. The van der Waals surface area contributed by atoms with Gasteiger partial charge in [0.15, 0.2) is 0 Å². The van der Waals surface area contributed by atoms with Gasteiger partial charge in [-0.05, 0) is 19.3 Å². The highest BCUT2D eigenvalue weighted by Crippen LogP contribution is 2.22. The fraction of sp³-hybridized carbons (Fsp3) is 0.920. The lowest BCUT2D eigenvalue weighted by molar-refractivity contribution is 0.138. The van der Waals surface area contributed by atoms with Crippen LogP contribution in [0.4, 0.5) is 0 Å². The zero-order valence-electron chi connectivity index (χ0n) is 19.1. The lowest BCUT2D eigenvalue weighted by atomic mass is 10.1. The maximum absolute atomic E-state index is 2.62. The SMILES string of the molecule is CCCCCCCCCCCCCCN1C=CN(CCCCC)C1CCC. The average molecular weight is 379 g/mol. The van der Waals surface area contributed by atoms with Gasteiger partial charge in [0.1, 0.15) is 6.17 Å². The monoisotopic (exact) mass is 378 g/mol. The molecule has 0 aromatic rings. The van der Waals surface area contributed by atoms with Crippen LogP contribution >= 0.6 is 0 Å². The normalized spacial score (nSPS) is 16.6. The fourth-order valence-corrected chi connectivity index (χ4v) is 4.28. The highest BCUT2D eigenvalue weighted by molar-refractivity contribution is 4.96. The van der Waals surface area contributed by atoms with Crippen LogP contribution in [0.1, 0.15) is 130 Å². The molecule has 1 aliphatic rings. The van der Waals surface area contributed by atoms with Crippen molar-refractivity contribution in [2.75, 3.05) is 13.1 Å². The predicted octanol–water partition coefficient (Wildman–Crippen LogP) is 8.09. The Bertz CT molecular complexity index is 339. The van der Waals surface area contributed by atoms with Gasteiger partial charge in [-0.1, -0.05) is 111 Å². The minimum atomic E-state index is 0.638. The molecule has 0 radical (unpaired) electrons. The molecule has 0 aromatic carbocycles. The zero-order valence-corrected chi connectivity index (χ0v) is 19.1. The Balaban J connectivity index is 2.01. The van der Waals surface area contributed by atoms with Crippen molar-refractivity contribution in [3.63, 3.8) is 0 Å². The topological polar surface area (TPSA) is 6.48 Å². The molecule has 0 fully saturated rings. The van der Waals surface area contributed by atoms with Crippen LogP contribution in [-0.2, 0) is 0 Å². The van der Waals surface area contributed by atoms with Crippen molar-refractivity contribution in [2.24, 2.45) is 0 Å². The number of hydrogen-bond donors (Lipinski definition) is 0. The van der Waals surface area contributed by atoms with Crippen molar-refractivity contribution in [3.8, 4) is 0 Å². The van der Waals surface area contributed by atoms with Crippen LogP contribution in [0.3, 0.4) is 0 Å². The number of nitrogens with zero attached hydrogens (tertiary/aromatic N) is 2. The van der Waals surface area contributed by atoms with E-state index in [2.05, 4.69) is 43.0 Å². The van der Waals surface area contributed by atoms with Crippen LogP contribution < -0.4 is 0 Å². The van der Waals surface area contributed by atoms with Crippen molar-refractivity contribution in [3.05, 3.63) is 12.4 Å². The second-order valence-corrected chi connectivity index (χ2v) is 8.64. The molecule has 27 heavy (non-hydrogen) atoms. The molecule has 0 amide bonds. The van der Waals surface area contributed by atoms with Crippen molar-refractivity contribution < 1.29 is 0 Å². The minimum Gasteiger partial charge on any atom is -0.356 e. The molecular weight excluding hydrogens is 328 g/mol. The summed E-state index contributed by atoms with van der Waals surface area (Å²) in [5.74, 6) is 0. The van der Waals surface area contributed by atoms with Crippen molar-refractivity contribution >= 4 is 0 Å². The molecular formula is C25H50N2. The Morgan fingerprint density at radius 2 is 0.852 bits per heavy atom. The van der Waals surface area contributed by atoms with Gasteiger partial charge >= 0.3 is 0 Å². The van der Waals surface area contributed by atoms with Crippen LogP contribution in [0.25, 0.3) is 0 Å². The second kappa shape index (κ2) is 17.4. The summed E-state index contributed by atoms with van der Waals surface area (Å²) in [6.45, 7) is 9.41. The molecule has 0 spiro atoms. The van der Waals surface area contributed by atoms with E-state index in [0.717, 1.165) is 0 Å². The van der Waals surface area contributed by atoms with Crippen molar-refractivity contribution in [2.45, 2.75) is 136 Å². The molecule has 160 valence electrons. The standard InChI is InChI=1S/C25H50N2/c1-4-7-9-10-11-12-13-14-15-16-17-19-22-27-24-23-26(21-18-8-5-2)25(27)20-6-3/h23-25H,4-22H2,1-3H3. The van der Waals surface area contributed by atoms with E-state index in [1.807, 2.05) is 0 Å². The Morgan fingerprint density at radius 3 is 1.30 bits per heavy atom. The summed E-state index contributed by atoms with van der Waals surface area (Å²) in [7, 11) is 0. The molecule has 2 heteroatoms. The zero-order chi connectivity index (χ0) is 19.6. The van der Waals surface area contributed by atoms with Gasteiger partial charge in [0.25, 0.3) is 0 Å². The van der Waals surface area contributed by atoms with E-state index in [0.29, 0.717) is 6.17 Å². The molecule has 0 bridgehead atoms. The predicted molar refractivity (Wildman–Crippen MR) is 122 cm³/mol. The Kier molecular flexibility index (Phi) is 15.7. The maximum atomic E-state index is 2.62. The Morgan fingerprint density at radius 1 is 0.481 bits per heavy atom. The van der Waals surface area contributed by atoms with E-state index in [1.165, 1.54) is 122 Å². The van der Waals surface area contributed by atoms with Crippen LogP contribution in [0, 0.1) is 0 Å². The summed E-state index contributed by atoms with van der Waals surface area (Å²) in [6.07, 6.45) is 29.2. The van der Waals surface area contributed by atoms with Crippen LogP contribution in [0.2, 0.25) is 0 Å². The van der Waals surface area contributed by atoms with Gasteiger partial charge in [-0.2, -0.15) is 0 Å². The first-order valence-corrected chi connectivity index (χ1v) is 12.5. The van der Waals surface area contributed by atoms with Gasteiger partial charge in [0, 0.05) is 25.5 Å². The Hall–Kier alpha value is -0.660. The van der Waals surface area contributed by atoms with E-state index >= 15 is 0 Å². The highest BCUT2D eigenvalue weighted by atomic mass is 15.4. The molecule has 1 atom stereocenters.